The first-order valence-electron chi connectivity index (χ1n) is 7.43. The average Bonchev–Trinajstić information content (AvgIpc) is 2.45. The van der Waals surface area contributed by atoms with Crippen molar-refractivity contribution >= 4 is 12.0 Å². The number of hydrogen-bond donors (Lipinski definition) is 1. The van der Waals surface area contributed by atoms with E-state index < -0.39 is 5.60 Å². The summed E-state index contributed by atoms with van der Waals surface area (Å²) in [4.78, 5) is 25.5. The SMILES string of the molecule is C=CC(=O)NC1CCN(C(=O)OC(C)(C)C)CC(C)(C)C1. The summed E-state index contributed by atoms with van der Waals surface area (Å²) in [5, 5.41) is 2.94. The first-order chi connectivity index (χ1) is 9.52. The minimum Gasteiger partial charge on any atom is -0.444 e. The van der Waals surface area contributed by atoms with Gasteiger partial charge in [0.2, 0.25) is 5.91 Å². The molecule has 0 saturated carbocycles. The Morgan fingerprint density at radius 2 is 2.00 bits per heavy atom. The Labute approximate surface area is 127 Å². The van der Waals surface area contributed by atoms with E-state index in [-0.39, 0.29) is 23.5 Å². The summed E-state index contributed by atoms with van der Waals surface area (Å²) >= 11 is 0. The molecule has 0 aromatic carbocycles. The van der Waals surface area contributed by atoms with Crippen molar-refractivity contribution in [3.63, 3.8) is 0 Å². The fourth-order valence-electron chi connectivity index (χ4n) is 2.61. The summed E-state index contributed by atoms with van der Waals surface area (Å²) in [6, 6.07) is 0.0536. The first kappa shape index (κ1) is 17.5. The summed E-state index contributed by atoms with van der Waals surface area (Å²) in [6.07, 6.45) is 2.55. The molecule has 1 heterocycles. The molecular weight excluding hydrogens is 268 g/mol. The van der Waals surface area contributed by atoms with Crippen molar-refractivity contribution in [3.05, 3.63) is 12.7 Å². The van der Waals surface area contributed by atoms with Crippen LogP contribution >= 0.6 is 0 Å². The predicted molar refractivity (Wildman–Crippen MR) is 82.9 cm³/mol. The van der Waals surface area contributed by atoms with Crippen molar-refractivity contribution in [2.75, 3.05) is 13.1 Å². The Morgan fingerprint density at radius 3 is 2.52 bits per heavy atom. The second kappa shape index (κ2) is 6.50. The molecule has 2 amide bonds. The lowest BCUT2D eigenvalue weighted by molar-refractivity contribution is -0.117. The molecule has 0 aliphatic carbocycles. The van der Waals surface area contributed by atoms with Gasteiger partial charge in [0.1, 0.15) is 5.60 Å². The number of carbonyl (C=O) groups is 2. The lowest BCUT2D eigenvalue weighted by Gasteiger charge is -2.31. The van der Waals surface area contributed by atoms with Crippen LogP contribution in [0.15, 0.2) is 12.7 Å². The number of rotatable bonds is 2. The van der Waals surface area contributed by atoms with Crippen LogP contribution < -0.4 is 5.32 Å². The van der Waals surface area contributed by atoms with E-state index in [0.717, 1.165) is 12.8 Å². The molecule has 1 rings (SSSR count). The number of ether oxygens (including phenoxy) is 1. The minimum absolute atomic E-state index is 0.0536. The zero-order chi connectivity index (χ0) is 16.3. The highest BCUT2D eigenvalue weighted by molar-refractivity contribution is 5.87. The van der Waals surface area contributed by atoms with Gasteiger partial charge in [-0.15, -0.1) is 0 Å². The van der Waals surface area contributed by atoms with Gasteiger partial charge in [-0.2, -0.15) is 0 Å². The van der Waals surface area contributed by atoms with E-state index in [1.807, 2.05) is 20.8 Å². The summed E-state index contributed by atoms with van der Waals surface area (Å²) in [5.74, 6) is -0.165. The Balaban J connectivity index is 2.73. The number of nitrogens with zero attached hydrogens (tertiary/aromatic N) is 1. The third-order valence-corrected chi connectivity index (χ3v) is 3.35. The van der Waals surface area contributed by atoms with Crippen molar-refractivity contribution in [2.24, 2.45) is 5.41 Å². The molecule has 0 spiro atoms. The summed E-state index contributed by atoms with van der Waals surface area (Å²) < 4.78 is 5.45. The maximum atomic E-state index is 12.2. The van der Waals surface area contributed by atoms with Crippen molar-refractivity contribution in [1.29, 1.82) is 0 Å². The number of amides is 2. The van der Waals surface area contributed by atoms with Gasteiger partial charge < -0.3 is 15.0 Å². The molecule has 120 valence electrons. The normalized spacial score (nSPS) is 22.1. The van der Waals surface area contributed by atoms with E-state index >= 15 is 0 Å². The fourth-order valence-corrected chi connectivity index (χ4v) is 2.61. The molecular formula is C16H28N2O3. The van der Waals surface area contributed by atoms with E-state index in [2.05, 4.69) is 25.7 Å². The highest BCUT2D eigenvalue weighted by Gasteiger charge is 2.34. The van der Waals surface area contributed by atoms with Crippen LogP contribution in [-0.4, -0.2) is 41.6 Å². The van der Waals surface area contributed by atoms with Crippen molar-refractivity contribution in [1.82, 2.24) is 10.2 Å². The Hall–Kier alpha value is -1.52. The number of nitrogens with one attached hydrogen (secondary N) is 1. The van der Waals surface area contributed by atoms with Gasteiger partial charge in [0.25, 0.3) is 0 Å². The van der Waals surface area contributed by atoms with E-state index in [1.54, 1.807) is 4.90 Å². The number of carbonyl (C=O) groups excluding carboxylic acids is 2. The lowest BCUT2D eigenvalue weighted by Crippen LogP contribution is -2.41. The van der Waals surface area contributed by atoms with E-state index in [4.69, 9.17) is 4.74 Å². The monoisotopic (exact) mass is 296 g/mol. The van der Waals surface area contributed by atoms with Gasteiger partial charge >= 0.3 is 6.09 Å². The maximum Gasteiger partial charge on any atom is 0.410 e. The molecule has 1 atom stereocenters. The summed E-state index contributed by atoms with van der Waals surface area (Å²) in [6.45, 7) is 14.5. The lowest BCUT2D eigenvalue weighted by atomic mass is 9.86. The predicted octanol–water partition coefficient (Wildman–Crippen LogP) is 2.71. The van der Waals surface area contributed by atoms with Crippen LogP contribution in [0, 0.1) is 5.41 Å². The maximum absolute atomic E-state index is 12.2. The average molecular weight is 296 g/mol. The van der Waals surface area contributed by atoms with Crippen molar-refractivity contribution in [3.8, 4) is 0 Å². The van der Waals surface area contributed by atoms with Gasteiger partial charge in [-0.05, 0) is 45.1 Å². The Morgan fingerprint density at radius 1 is 1.38 bits per heavy atom. The topological polar surface area (TPSA) is 58.6 Å². The van der Waals surface area contributed by atoms with Gasteiger partial charge in [-0.1, -0.05) is 20.4 Å². The second-order valence-corrected chi connectivity index (χ2v) is 7.47. The van der Waals surface area contributed by atoms with Crippen molar-refractivity contribution < 1.29 is 14.3 Å². The Kier molecular flexibility index (Phi) is 5.42. The molecule has 1 saturated heterocycles. The molecule has 21 heavy (non-hydrogen) atoms. The molecule has 0 radical (unpaired) electrons. The van der Waals surface area contributed by atoms with E-state index in [1.165, 1.54) is 6.08 Å². The zero-order valence-electron chi connectivity index (χ0n) is 13.9. The molecule has 0 bridgehead atoms. The standard InChI is InChI=1S/C16H28N2O3/c1-7-13(19)17-12-8-9-18(11-16(5,6)10-12)14(20)21-15(2,3)4/h7,12H,1,8-11H2,2-6H3,(H,17,19). The highest BCUT2D eigenvalue weighted by Crippen LogP contribution is 2.29. The third-order valence-electron chi connectivity index (χ3n) is 3.35. The highest BCUT2D eigenvalue weighted by atomic mass is 16.6. The molecule has 1 fully saturated rings. The quantitative estimate of drug-likeness (QED) is 0.797. The molecule has 1 aliphatic heterocycles. The minimum atomic E-state index is -0.496. The number of hydrogen-bond acceptors (Lipinski definition) is 3. The first-order valence-corrected chi connectivity index (χ1v) is 7.43. The van der Waals surface area contributed by atoms with Gasteiger partial charge in [-0.3, -0.25) is 4.79 Å². The summed E-state index contributed by atoms with van der Waals surface area (Å²) in [7, 11) is 0. The van der Waals surface area contributed by atoms with Crippen LogP contribution in [-0.2, 0) is 9.53 Å². The van der Waals surface area contributed by atoms with E-state index in [9.17, 15) is 9.59 Å². The zero-order valence-corrected chi connectivity index (χ0v) is 13.9. The Bertz CT molecular complexity index is 410. The summed E-state index contributed by atoms with van der Waals surface area (Å²) in [5.41, 5.74) is -0.573. The number of likely N-dealkylation sites (tertiary alicyclic amines) is 1. The van der Waals surface area contributed by atoms with Crippen LogP contribution in [0.3, 0.4) is 0 Å². The van der Waals surface area contributed by atoms with Gasteiger partial charge in [0, 0.05) is 19.1 Å². The van der Waals surface area contributed by atoms with Crippen LogP contribution in [0.1, 0.15) is 47.5 Å². The fraction of sp³-hybridized carbons (Fsp3) is 0.750. The van der Waals surface area contributed by atoms with Crippen LogP contribution in [0.4, 0.5) is 4.79 Å². The van der Waals surface area contributed by atoms with Crippen LogP contribution in [0.5, 0.6) is 0 Å². The van der Waals surface area contributed by atoms with Crippen LogP contribution in [0.25, 0.3) is 0 Å². The molecule has 5 heteroatoms. The van der Waals surface area contributed by atoms with Gasteiger partial charge in [0.05, 0.1) is 0 Å². The molecule has 5 nitrogen and oxygen atoms in total. The third kappa shape index (κ3) is 6.19. The van der Waals surface area contributed by atoms with Gasteiger partial charge in [-0.25, -0.2) is 4.79 Å². The molecule has 1 N–H and O–H groups in total. The van der Waals surface area contributed by atoms with E-state index in [0.29, 0.717) is 13.1 Å². The largest absolute Gasteiger partial charge is 0.444 e. The second-order valence-electron chi connectivity index (χ2n) is 7.47. The molecule has 0 aromatic heterocycles. The molecule has 1 unspecified atom stereocenters. The smallest absolute Gasteiger partial charge is 0.410 e. The molecule has 0 aromatic rings. The van der Waals surface area contributed by atoms with Crippen molar-refractivity contribution in [2.45, 2.75) is 59.1 Å². The van der Waals surface area contributed by atoms with Crippen LogP contribution in [0.2, 0.25) is 0 Å². The van der Waals surface area contributed by atoms with Gasteiger partial charge in [0.15, 0.2) is 0 Å². The molecule has 1 aliphatic rings.